The lowest BCUT2D eigenvalue weighted by Crippen LogP contribution is -1.97. The third kappa shape index (κ3) is 2.87. The summed E-state index contributed by atoms with van der Waals surface area (Å²) in [6.45, 7) is 0. The van der Waals surface area contributed by atoms with Gasteiger partial charge in [-0.15, -0.1) is 0 Å². The van der Waals surface area contributed by atoms with E-state index in [0.29, 0.717) is 5.56 Å². The van der Waals surface area contributed by atoms with Gasteiger partial charge in [-0.1, -0.05) is 48.5 Å². The Bertz CT molecular complexity index is 456. The van der Waals surface area contributed by atoms with Crippen molar-refractivity contribution in [2.24, 2.45) is 0 Å². The maximum atomic E-state index is 11.7. The van der Waals surface area contributed by atoms with Gasteiger partial charge in [-0.25, -0.2) is 0 Å². The van der Waals surface area contributed by atoms with E-state index in [4.69, 9.17) is 0 Å². The van der Waals surface area contributed by atoms with Gasteiger partial charge in [0.1, 0.15) is 0 Å². The number of para-hydroxylation sites is 1. The largest absolute Gasteiger partial charge is 0.323 e. The van der Waals surface area contributed by atoms with Crippen LogP contribution >= 0.6 is 11.9 Å². The first-order chi connectivity index (χ1) is 7.86. The molecule has 0 aromatic heterocycles. The van der Waals surface area contributed by atoms with Crippen LogP contribution in [-0.4, -0.2) is 5.12 Å². The number of hydrogen-bond donors (Lipinski definition) is 1. The smallest absolute Gasteiger partial charge is 0.239 e. The molecule has 2 aromatic rings. The molecule has 80 valence electrons. The van der Waals surface area contributed by atoms with Crippen molar-refractivity contribution < 1.29 is 4.79 Å². The zero-order chi connectivity index (χ0) is 11.2. The summed E-state index contributed by atoms with van der Waals surface area (Å²) in [5, 5.41) is 0.0180. The molecule has 0 saturated heterocycles. The lowest BCUT2D eigenvalue weighted by Gasteiger charge is -2.03. The van der Waals surface area contributed by atoms with Gasteiger partial charge in [0.05, 0.1) is 0 Å². The van der Waals surface area contributed by atoms with Crippen molar-refractivity contribution in [1.82, 2.24) is 0 Å². The molecule has 2 aromatic carbocycles. The fourth-order valence-corrected chi connectivity index (χ4v) is 1.85. The van der Waals surface area contributed by atoms with Gasteiger partial charge in [-0.05, 0) is 12.1 Å². The monoisotopic (exact) mass is 229 g/mol. The zero-order valence-electron chi connectivity index (χ0n) is 8.59. The van der Waals surface area contributed by atoms with E-state index in [9.17, 15) is 4.79 Å². The Morgan fingerprint density at radius 3 is 2.06 bits per heavy atom. The number of benzene rings is 2. The Morgan fingerprint density at radius 2 is 1.44 bits per heavy atom. The van der Waals surface area contributed by atoms with E-state index in [0.717, 1.165) is 17.6 Å². The van der Waals surface area contributed by atoms with Crippen LogP contribution in [0.3, 0.4) is 0 Å². The summed E-state index contributed by atoms with van der Waals surface area (Å²) in [4.78, 5) is 11.7. The molecular formula is C13H11NOS. The van der Waals surface area contributed by atoms with Gasteiger partial charge in [0.25, 0.3) is 0 Å². The fourth-order valence-electron chi connectivity index (χ4n) is 1.24. The van der Waals surface area contributed by atoms with Gasteiger partial charge in [-0.3, -0.25) is 4.79 Å². The molecule has 0 aliphatic rings. The van der Waals surface area contributed by atoms with Crippen molar-refractivity contribution in [3.8, 4) is 0 Å². The van der Waals surface area contributed by atoms with Crippen LogP contribution in [0, 0.1) is 0 Å². The van der Waals surface area contributed by atoms with Crippen LogP contribution in [0.4, 0.5) is 5.69 Å². The minimum Gasteiger partial charge on any atom is -0.323 e. The first-order valence-corrected chi connectivity index (χ1v) is 5.75. The van der Waals surface area contributed by atoms with Crippen molar-refractivity contribution in [2.45, 2.75) is 0 Å². The van der Waals surface area contributed by atoms with Crippen LogP contribution in [0.25, 0.3) is 0 Å². The van der Waals surface area contributed by atoms with Gasteiger partial charge in [0.2, 0.25) is 5.12 Å². The van der Waals surface area contributed by atoms with Crippen molar-refractivity contribution in [3.05, 3.63) is 66.2 Å². The van der Waals surface area contributed by atoms with Crippen molar-refractivity contribution in [1.29, 1.82) is 0 Å². The molecule has 0 bridgehead atoms. The highest BCUT2D eigenvalue weighted by Gasteiger charge is 2.05. The van der Waals surface area contributed by atoms with E-state index in [-0.39, 0.29) is 5.12 Å². The maximum absolute atomic E-state index is 11.7. The van der Waals surface area contributed by atoms with E-state index in [1.54, 1.807) is 0 Å². The van der Waals surface area contributed by atoms with Gasteiger partial charge >= 0.3 is 0 Å². The van der Waals surface area contributed by atoms with Crippen LogP contribution < -0.4 is 4.72 Å². The van der Waals surface area contributed by atoms with E-state index in [1.165, 1.54) is 0 Å². The molecule has 0 unspecified atom stereocenters. The first kappa shape index (κ1) is 10.8. The molecule has 0 saturated carbocycles. The lowest BCUT2D eigenvalue weighted by molar-refractivity contribution is 0.108. The number of carbonyl (C=O) groups excluding carboxylic acids is 1. The minimum absolute atomic E-state index is 0.0180. The Labute approximate surface area is 98.8 Å². The molecule has 0 aliphatic heterocycles. The molecule has 0 aliphatic carbocycles. The van der Waals surface area contributed by atoms with Crippen LogP contribution in [0.2, 0.25) is 0 Å². The summed E-state index contributed by atoms with van der Waals surface area (Å²) >= 11 is 1.09. The molecule has 2 rings (SSSR count). The van der Waals surface area contributed by atoms with E-state index < -0.39 is 0 Å². The predicted octanol–water partition coefficient (Wildman–Crippen LogP) is 3.59. The van der Waals surface area contributed by atoms with Crippen molar-refractivity contribution in [3.63, 3.8) is 0 Å². The number of rotatable bonds is 3. The topological polar surface area (TPSA) is 29.1 Å². The molecule has 1 N–H and O–H groups in total. The molecule has 0 radical (unpaired) electrons. The van der Waals surface area contributed by atoms with E-state index in [1.807, 2.05) is 60.7 Å². The van der Waals surface area contributed by atoms with Gasteiger partial charge in [0, 0.05) is 23.2 Å². The Morgan fingerprint density at radius 1 is 0.875 bits per heavy atom. The summed E-state index contributed by atoms with van der Waals surface area (Å²) in [7, 11) is 0. The SMILES string of the molecule is O=C(SNc1ccccc1)c1ccccc1. The standard InChI is InChI=1S/C13H11NOS/c15-13(11-7-3-1-4-8-11)16-14-12-9-5-2-6-10-12/h1-10,14H. The molecule has 0 atom stereocenters. The third-order valence-electron chi connectivity index (χ3n) is 2.04. The Kier molecular flexibility index (Phi) is 3.62. The van der Waals surface area contributed by atoms with Crippen molar-refractivity contribution in [2.75, 3.05) is 4.72 Å². The van der Waals surface area contributed by atoms with Gasteiger partial charge in [0.15, 0.2) is 0 Å². The first-order valence-electron chi connectivity index (χ1n) is 4.93. The molecule has 0 heterocycles. The quantitative estimate of drug-likeness (QED) is 0.815. The van der Waals surface area contributed by atoms with Crippen LogP contribution in [-0.2, 0) is 0 Å². The summed E-state index contributed by atoms with van der Waals surface area (Å²) < 4.78 is 3.01. The Hall–Kier alpha value is -1.74. The lowest BCUT2D eigenvalue weighted by atomic mass is 10.2. The second-order valence-electron chi connectivity index (χ2n) is 3.22. The number of carbonyl (C=O) groups is 1. The van der Waals surface area contributed by atoms with Crippen LogP contribution in [0.1, 0.15) is 10.4 Å². The predicted molar refractivity (Wildman–Crippen MR) is 68.4 cm³/mol. The summed E-state index contributed by atoms with van der Waals surface area (Å²) in [5.41, 5.74) is 1.63. The van der Waals surface area contributed by atoms with Gasteiger partial charge in [-0.2, -0.15) is 0 Å². The highest BCUT2D eigenvalue weighted by atomic mass is 32.2. The molecule has 0 fully saturated rings. The second kappa shape index (κ2) is 5.37. The van der Waals surface area contributed by atoms with Crippen LogP contribution in [0.5, 0.6) is 0 Å². The minimum atomic E-state index is 0.0180. The molecule has 0 amide bonds. The van der Waals surface area contributed by atoms with E-state index in [2.05, 4.69) is 4.72 Å². The second-order valence-corrected chi connectivity index (χ2v) is 4.00. The van der Waals surface area contributed by atoms with Gasteiger partial charge < -0.3 is 4.72 Å². The number of nitrogens with one attached hydrogen (secondary N) is 1. The molecule has 2 nitrogen and oxygen atoms in total. The number of hydrogen-bond acceptors (Lipinski definition) is 3. The Balaban J connectivity index is 1.95. The average molecular weight is 229 g/mol. The van der Waals surface area contributed by atoms with Crippen LogP contribution in [0.15, 0.2) is 60.7 Å². The number of anilines is 1. The summed E-state index contributed by atoms with van der Waals surface area (Å²) in [6, 6.07) is 18.9. The molecular weight excluding hydrogens is 218 g/mol. The molecule has 16 heavy (non-hydrogen) atoms. The third-order valence-corrected chi connectivity index (χ3v) is 2.80. The normalized spacial score (nSPS) is 9.75. The summed E-state index contributed by atoms with van der Waals surface area (Å²) in [6.07, 6.45) is 0. The molecule has 0 spiro atoms. The highest BCUT2D eigenvalue weighted by molar-refractivity contribution is 8.15. The zero-order valence-corrected chi connectivity index (χ0v) is 9.41. The fraction of sp³-hybridized carbons (Fsp3) is 0. The maximum Gasteiger partial charge on any atom is 0.239 e. The van der Waals surface area contributed by atoms with E-state index >= 15 is 0 Å². The molecule has 3 heteroatoms. The average Bonchev–Trinajstić information content (AvgIpc) is 2.38. The van der Waals surface area contributed by atoms with Crippen molar-refractivity contribution >= 4 is 22.8 Å². The highest BCUT2D eigenvalue weighted by Crippen LogP contribution is 2.16. The summed E-state index contributed by atoms with van der Waals surface area (Å²) in [5.74, 6) is 0.